The highest BCUT2D eigenvalue weighted by Gasteiger charge is 2.70. The Hall–Kier alpha value is -3.04. The van der Waals surface area contributed by atoms with E-state index in [0.717, 1.165) is 19.3 Å². The van der Waals surface area contributed by atoms with E-state index in [2.05, 4.69) is 27.8 Å². The summed E-state index contributed by atoms with van der Waals surface area (Å²) in [7, 11) is -0.683. The van der Waals surface area contributed by atoms with Crippen LogP contribution in [0.15, 0.2) is 12.7 Å². The molecule has 6 atom stereocenters. The van der Waals surface area contributed by atoms with E-state index in [1.54, 1.807) is 7.05 Å². The monoisotopic (exact) mass is 737 g/mol. The van der Waals surface area contributed by atoms with E-state index >= 15 is 0 Å². The van der Waals surface area contributed by atoms with Crippen LogP contribution in [0.2, 0.25) is 0 Å². The van der Waals surface area contributed by atoms with Crippen molar-refractivity contribution in [1.82, 2.24) is 34.8 Å². The van der Waals surface area contributed by atoms with Gasteiger partial charge in [-0.15, -0.1) is 6.58 Å². The Morgan fingerprint density at radius 1 is 0.980 bits per heavy atom. The fourth-order valence-electron chi connectivity index (χ4n) is 7.04. The zero-order valence-electron chi connectivity index (χ0n) is 32.6. The van der Waals surface area contributed by atoms with Crippen molar-refractivity contribution in [2.24, 2.45) is 28.1 Å². The van der Waals surface area contributed by atoms with Gasteiger partial charge in [0.25, 0.3) is 16.1 Å². The predicted octanol–water partition coefficient (Wildman–Crippen LogP) is 2.42. The number of hydrogen-bond acceptors (Lipinski definition) is 7. The van der Waals surface area contributed by atoms with Crippen molar-refractivity contribution in [3.05, 3.63) is 12.7 Å². The highest BCUT2D eigenvalue weighted by Crippen LogP contribution is 2.65. The van der Waals surface area contributed by atoms with Gasteiger partial charge >= 0.3 is 6.03 Å². The van der Waals surface area contributed by atoms with Gasteiger partial charge in [-0.2, -0.15) is 17.0 Å². The van der Waals surface area contributed by atoms with Crippen LogP contribution < -0.4 is 21.3 Å². The summed E-state index contributed by atoms with van der Waals surface area (Å²) in [5.74, 6) is -2.61. The molecule has 1 heterocycles. The second kappa shape index (κ2) is 15.9. The van der Waals surface area contributed by atoms with Crippen molar-refractivity contribution in [3.63, 3.8) is 0 Å². The SMILES string of the molecule is C=CCNC(=O)C(=O)C(CCCC)NC(=O)[C@@H]1[C@@H]2[C@H](CN1C(=O)[C@@H](NC(=O)N[C@H](CN(C)S(=O)(=O)N(C)C1CC1)C(C)(C)C)C(C)(C)C)C2(C)C. The number of unbranched alkanes of at least 4 members (excludes halogenated alkanes) is 1. The first-order valence-electron chi connectivity index (χ1n) is 18.2. The number of piperidine rings is 1. The molecule has 5 amide bonds. The topological polar surface area (TPSA) is 177 Å². The zero-order valence-corrected chi connectivity index (χ0v) is 33.4. The van der Waals surface area contributed by atoms with Crippen molar-refractivity contribution < 1.29 is 32.4 Å². The van der Waals surface area contributed by atoms with Crippen LogP contribution in [0.3, 0.4) is 0 Å². The molecule has 0 aromatic carbocycles. The van der Waals surface area contributed by atoms with E-state index in [1.807, 2.05) is 62.3 Å². The third-order valence-electron chi connectivity index (χ3n) is 10.9. The molecule has 1 saturated heterocycles. The quantitative estimate of drug-likeness (QED) is 0.131. The molecule has 3 fully saturated rings. The first kappa shape index (κ1) is 42.4. The van der Waals surface area contributed by atoms with Gasteiger partial charge < -0.3 is 26.2 Å². The second-order valence-corrected chi connectivity index (χ2v) is 19.4. The molecule has 0 aromatic rings. The molecule has 15 heteroatoms. The highest BCUT2D eigenvalue weighted by molar-refractivity contribution is 7.86. The minimum absolute atomic E-state index is 0.0147. The average molecular weight is 738 g/mol. The van der Waals surface area contributed by atoms with Crippen LogP contribution in [-0.2, 0) is 29.4 Å². The van der Waals surface area contributed by atoms with Crippen molar-refractivity contribution in [2.75, 3.05) is 33.7 Å². The van der Waals surface area contributed by atoms with Crippen molar-refractivity contribution >= 4 is 39.7 Å². The molecule has 1 unspecified atom stereocenters. The van der Waals surface area contributed by atoms with E-state index < -0.39 is 74.7 Å². The van der Waals surface area contributed by atoms with Crippen LogP contribution in [0, 0.1) is 28.1 Å². The standard InChI is InChI=1S/C36H63N7O7S/c1-13-15-16-24(28(44)31(46)37-19-14-2)38-30(45)27-26-23(36(26,9)10)20-43(27)32(47)29(35(6,7)8)40-33(48)39-25(34(3,4)5)21-41(11)51(49,50)42(12)22-17-18-22/h14,22-27,29H,2,13,15-21H2,1,3-12H3,(H,37,46)(H,38,45)(H2,39,40,48)/t23-,24?,25+,26-,27-,29+/m0/s1. The summed E-state index contributed by atoms with van der Waals surface area (Å²) in [6.45, 7) is 21.2. The number of fused-ring (bicyclic) bond motifs is 1. The van der Waals surface area contributed by atoms with Gasteiger partial charge in [0.15, 0.2) is 0 Å². The fourth-order valence-corrected chi connectivity index (χ4v) is 8.40. The number of nitrogens with zero attached hydrogens (tertiary/aromatic N) is 3. The van der Waals surface area contributed by atoms with Crippen LogP contribution in [0.1, 0.15) is 94.4 Å². The molecule has 3 aliphatic rings. The van der Waals surface area contributed by atoms with Gasteiger partial charge in [-0.3, -0.25) is 19.2 Å². The molecule has 3 rings (SSSR count). The molecule has 0 bridgehead atoms. The number of amides is 5. The maximum absolute atomic E-state index is 14.4. The smallest absolute Gasteiger partial charge is 0.315 e. The summed E-state index contributed by atoms with van der Waals surface area (Å²) in [6.07, 6.45) is 4.73. The molecular weight excluding hydrogens is 675 g/mol. The van der Waals surface area contributed by atoms with Crippen molar-refractivity contribution in [3.8, 4) is 0 Å². The number of urea groups is 1. The number of Topliss-reactive ketones (excluding diaryl/α,β-unsaturated/α-hetero) is 1. The zero-order chi connectivity index (χ0) is 38.9. The molecule has 14 nitrogen and oxygen atoms in total. The Kier molecular flexibility index (Phi) is 13.2. The number of likely N-dealkylation sites (tertiary alicyclic amines) is 1. The number of hydrogen-bond donors (Lipinski definition) is 4. The van der Waals surface area contributed by atoms with Crippen LogP contribution in [0.25, 0.3) is 0 Å². The Labute approximate surface area is 305 Å². The Morgan fingerprint density at radius 2 is 1.59 bits per heavy atom. The number of carbonyl (C=O) groups excluding carboxylic acids is 5. The summed E-state index contributed by atoms with van der Waals surface area (Å²) < 4.78 is 29.0. The molecule has 4 N–H and O–H groups in total. The van der Waals surface area contributed by atoms with E-state index in [1.165, 1.54) is 26.6 Å². The van der Waals surface area contributed by atoms with Gasteiger partial charge in [-0.25, -0.2) is 4.79 Å². The minimum atomic E-state index is -3.74. The number of carbonyl (C=O) groups is 5. The lowest BCUT2D eigenvalue weighted by Crippen LogP contribution is -2.63. The summed E-state index contributed by atoms with van der Waals surface area (Å²) >= 11 is 0. The Morgan fingerprint density at radius 3 is 2.10 bits per heavy atom. The number of likely N-dealkylation sites (N-methyl/N-ethyl adjacent to an activating group) is 1. The van der Waals surface area contributed by atoms with Gasteiger partial charge in [-0.05, 0) is 47.3 Å². The Bertz CT molecular complexity index is 1450. The van der Waals surface area contributed by atoms with Crippen molar-refractivity contribution in [2.45, 2.75) is 125 Å². The van der Waals surface area contributed by atoms with Gasteiger partial charge in [0.05, 0.1) is 6.04 Å². The molecule has 2 aliphatic carbocycles. The van der Waals surface area contributed by atoms with Crippen LogP contribution in [0.5, 0.6) is 0 Å². The maximum Gasteiger partial charge on any atom is 0.315 e. The Balaban J connectivity index is 1.82. The van der Waals surface area contributed by atoms with Crippen LogP contribution >= 0.6 is 0 Å². The lowest BCUT2D eigenvalue weighted by Gasteiger charge is -2.39. The lowest BCUT2D eigenvalue weighted by atomic mass is 9.85. The minimum Gasteiger partial charge on any atom is -0.346 e. The normalized spacial score (nSPS) is 23.2. The van der Waals surface area contributed by atoms with E-state index in [-0.39, 0.29) is 42.8 Å². The summed E-state index contributed by atoms with van der Waals surface area (Å²) in [6, 6.07) is -4.25. The number of rotatable bonds is 17. The molecule has 0 radical (unpaired) electrons. The third-order valence-corrected chi connectivity index (χ3v) is 12.8. The van der Waals surface area contributed by atoms with Gasteiger partial charge in [0, 0.05) is 45.8 Å². The maximum atomic E-state index is 14.4. The highest BCUT2D eigenvalue weighted by atomic mass is 32.2. The molecule has 290 valence electrons. The number of ketones is 1. The first-order valence-corrected chi connectivity index (χ1v) is 19.6. The van der Waals surface area contributed by atoms with Crippen LogP contribution in [-0.4, -0.2) is 115 Å². The van der Waals surface area contributed by atoms with Gasteiger partial charge in [0.2, 0.25) is 17.6 Å². The molecule has 51 heavy (non-hydrogen) atoms. The van der Waals surface area contributed by atoms with E-state index in [4.69, 9.17) is 0 Å². The molecule has 0 aromatic heterocycles. The first-order chi connectivity index (χ1) is 23.4. The summed E-state index contributed by atoms with van der Waals surface area (Å²) in [4.78, 5) is 69.4. The van der Waals surface area contributed by atoms with Crippen molar-refractivity contribution in [1.29, 1.82) is 0 Å². The van der Waals surface area contributed by atoms with E-state index in [0.29, 0.717) is 13.0 Å². The fraction of sp³-hybridized carbons (Fsp3) is 0.806. The van der Waals surface area contributed by atoms with Gasteiger partial charge in [0.1, 0.15) is 12.1 Å². The predicted molar refractivity (Wildman–Crippen MR) is 196 cm³/mol. The molecule has 0 spiro atoms. The number of nitrogens with one attached hydrogen (secondary N) is 4. The summed E-state index contributed by atoms with van der Waals surface area (Å²) in [5, 5.41) is 11.1. The molecule has 2 saturated carbocycles. The largest absolute Gasteiger partial charge is 0.346 e. The molecular formula is C36H63N7O7S. The third kappa shape index (κ3) is 9.89. The van der Waals surface area contributed by atoms with Crippen LogP contribution in [0.4, 0.5) is 4.79 Å². The van der Waals surface area contributed by atoms with Gasteiger partial charge in [-0.1, -0.05) is 81.2 Å². The lowest BCUT2D eigenvalue weighted by molar-refractivity contribution is -0.145. The molecule has 1 aliphatic heterocycles. The average Bonchev–Trinajstić information content (AvgIpc) is 3.91. The second-order valence-electron chi connectivity index (χ2n) is 17.3. The summed E-state index contributed by atoms with van der Waals surface area (Å²) in [5.41, 5.74) is -1.53. The van der Waals surface area contributed by atoms with E-state index in [9.17, 15) is 32.4 Å².